The van der Waals surface area contributed by atoms with Gasteiger partial charge in [0.15, 0.2) is 12.6 Å². The molecule has 2 rings (SSSR count). The molecule has 0 radical (unpaired) electrons. The summed E-state index contributed by atoms with van der Waals surface area (Å²) in [6.45, 7) is -7.93. The molecule has 39 heteroatoms. The molecule has 0 amide bonds. The van der Waals surface area contributed by atoms with Crippen molar-refractivity contribution in [2.24, 2.45) is 0 Å². The summed E-state index contributed by atoms with van der Waals surface area (Å²) in [6.07, 6.45) is -23.1. The molecule has 21 N–H and O–H groups in total. The largest absolute Gasteiger partial charge is 0.480 e. The van der Waals surface area contributed by atoms with Gasteiger partial charge in [-0.1, -0.05) is 12.8 Å². The zero-order valence-electron chi connectivity index (χ0n) is 50.1. The summed E-state index contributed by atoms with van der Waals surface area (Å²) in [7, 11) is 0. The third-order valence-electron chi connectivity index (χ3n) is 14.7. The Balaban J connectivity index is 2.25. The molecule has 2 aliphatic rings. The van der Waals surface area contributed by atoms with Crippen molar-refractivity contribution >= 4 is 53.7 Å². The van der Waals surface area contributed by atoms with E-state index in [-0.39, 0.29) is 123 Å². The molecule has 91 heavy (non-hydrogen) atoms. The fourth-order valence-corrected chi connectivity index (χ4v) is 10.1. The van der Waals surface area contributed by atoms with Crippen molar-refractivity contribution in [2.75, 3.05) is 138 Å². The number of unbranched alkanes of at least 4 members (excludes halogenated alkanes) is 2. The van der Waals surface area contributed by atoms with Gasteiger partial charge in [0.25, 0.3) is 0 Å². The third-order valence-corrected chi connectivity index (χ3v) is 14.7. The number of carbonyl (C=O) groups is 9. The number of aliphatic hydroxyl groups is 9. The van der Waals surface area contributed by atoms with Crippen molar-refractivity contribution in [3.8, 4) is 0 Å². The SMILES string of the molecule is O=C(O)CNCCN(CCN(CC(=O)O)CC(=O)O)C(CCCCNCC1OC(OC(C(O)CO)C(O)CCNCCCCC(C(=O)O)N(CCN(CC(=O)O)CC(=O)O)CCN(CC(=O)O)CC(=O)O)C(O)C(O)C1OC1OC(CO)C(O)C(O)C1O)C(=O)O. The second kappa shape index (κ2) is 43.3. The Bertz CT molecular complexity index is 2140. The molecule has 15 atom stereocenters. The molecule has 2 fully saturated rings. The quantitative estimate of drug-likeness (QED) is 0.0252. The van der Waals surface area contributed by atoms with E-state index in [2.05, 4.69) is 16.0 Å². The van der Waals surface area contributed by atoms with Crippen LogP contribution in [-0.4, -0.2) is 400 Å². The molecule has 0 aromatic heterocycles. The Kier molecular flexibility index (Phi) is 38.8. The van der Waals surface area contributed by atoms with Gasteiger partial charge in [0.05, 0.1) is 65.1 Å². The summed E-state index contributed by atoms with van der Waals surface area (Å²) >= 11 is 0. The average Bonchev–Trinajstić information content (AvgIpc) is 0.828. The molecule has 0 aromatic rings. The highest BCUT2D eigenvalue weighted by molar-refractivity contribution is 5.75. The Morgan fingerprint density at radius 1 is 0.429 bits per heavy atom. The minimum Gasteiger partial charge on any atom is -0.480 e. The van der Waals surface area contributed by atoms with Crippen LogP contribution in [0.15, 0.2) is 0 Å². The van der Waals surface area contributed by atoms with Gasteiger partial charge >= 0.3 is 53.7 Å². The lowest BCUT2D eigenvalue weighted by Crippen LogP contribution is -2.66. The van der Waals surface area contributed by atoms with Crippen LogP contribution in [0.5, 0.6) is 0 Å². The number of nitrogens with one attached hydrogen (secondary N) is 3. The Morgan fingerprint density at radius 3 is 1.27 bits per heavy atom. The molecule has 2 aliphatic heterocycles. The highest BCUT2D eigenvalue weighted by atomic mass is 16.7. The summed E-state index contributed by atoms with van der Waals surface area (Å²) in [5.74, 6) is -12.0. The highest BCUT2D eigenvalue weighted by Crippen LogP contribution is 2.31. The number of hydrogen-bond donors (Lipinski definition) is 21. The average molecular weight is 1330 g/mol. The Labute approximate surface area is 521 Å². The van der Waals surface area contributed by atoms with Crippen LogP contribution >= 0.6 is 0 Å². The van der Waals surface area contributed by atoms with Gasteiger partial charge in [-0.2, -0.15) is 0 Å². The first-order chi connectivity index (χ1) is 42.9. The summed E-state index contributed by atoms with van der Waals surface area (Å²) in [5, 5.41) is 191. The minimum absolute atomic E-state index is 0.0132. The lowest BCUT2D eigenvalue weighted by molar-refractivity contribution is -0.364. The van der Waals surface area contributed by atoms with Crippen molar-refractivity contribution in [1.82, 2.24) is 40.4 Å². The van der Waals surface area contributed by atoms with Crippen molar-refractivity contribution in [2.45, 2.75) is 137 Å². The normalized spacial score (nSPS) is 23.7. The van der Waals surface area contributed by atoms with Crippen LogP contribution in [0.4, 0.5) is 0 Å². The van der Waals surface area contributed by atoms with E-state index in [1.165, 1.54) is 9.80 Å². The maximum Gasteiger partial charge on any atom is 0.320 e. The number of ether oxygens (including phenoxy) is 4. The van der Waals surface area contributed by atoms with E-state index < -0.39 is 205 Å². The van der Waals surface area contributed by atoms with Gasteiger partial charge < -0.3 is 127 Å². The van der Waals surface area contributed by atoms with E-state index in [4.69, 9.17) is 24.1 Å². The number of rotatable bonds is 53. The standard InChI is InChI=1S/C52H92N8O31/c61-27-32(64)47(31(63)7-10-53-8-3-1-6-30(50(86)87)60(17-14-57(23-38(71)72)24-39(73)74)18-15-58(25-40(75)76)26-41(77)78)90-52-46(83)44(81)48(91-51-45(82)43(80)42(79)34(28-62)89-51)33(88-52)19-54-9-4-2-5-29(49(84)85)59(12-11-55-20-35(65)66)16-13-56(21-36(67)68)22-37(69)70/h29-34,42-48,51-55,61-64,79-83H,1-28H2,(H,65,66)(H,67,68)(H,69,70)(H,71,72)(H,73,74)(H,75,76)(H,77,78)(H,84,85)(H,86,87). The zero-order chi connectivity index (χ0) is 68.5. The van der Waals surface area contributed by atoms with Crippen molar-refractivity contribution in [3.63, 3.8) is 0 Å². The lowest BCUT2D eigenvalue weighted by atomic mass is 9.96. The first-order valence-electron chi connectivity index (χ1n) is 29.3. The predicted octanol–water partition coefficient (Wildman–Crippen LogP) is -9.77. The molecule has 2 saturated heterocycles. The van der Waals surface area contributed by atoms with E-state index >= 15 is 0 Å². The summed E-state index contributed by atoms with van der Waals surface area (Å²) < 4.78 is 23.2. The van der Waals surface area contributed by atoms with Crippen LogP contribution in [0.1, 0.15) is 44.9 Å². The molecule has 0 saturated carbocycles. The fraction of sp³-hybridized carbons (Fsp3) is 0.827. The molecule has 2 heterocycles. The Morgan fingerprint density at radius 2 is 0.857 bits per heavy atom. The van der Waals surface area contributed by atoms with Crippen LogP contribution in [0.25, 0.3) is 0 Å². The van der Waals surface area contributed by atoms with E-state index in [9.17, 15) is 130 Å². The van der Waals surface area contributed by atoms with E-state index in [0.717, 1.165) is 14.7 Å². The van der Waals surface area contributed by atoms with Crippen molar-refractivity contribution in [1.29, 1.82) is 0 Å². The fourth-order valence-electron chi connectivity index (χ4n) is 10.1. The maximum absolute atomic E-state index is 12.6. The zero-order valence-corrected chi connectivity index (χ0v) is 50.1. The van der Waals surface area contributed by atoms with Crippen LogP contribution in [-0.2, 0) is 62.1 Å². The van der Waals surface area contributed by atoms with Gasteiger partial charge in [-0.05, 0) is 51.7 Å². The first kappa shape index (κ1) is 81.5. The number of aliphatic hydroxyl groups excluding tert-OH is 9. The highest BCUT2D eigenvalue weighted by Gasteiger charge is 2.52. The number of nitrogens with zero attached hydrogens (tertiary/aromatic N) is 5. The van der Waals surface area contributed by atoms with E-state index in [1.807, 2.05) is 0 Å². The van der Waals surface area contributed by atoms with Crippen LogP contribution < -0.4 is 16.0 Å². The lowest BCUT2D eigenvalue weighted by Gasteiger charge is -2.47. The maximum atomic E-state index is 12.6. The molecular formula is C52H92N8O31. The van der Waals surface area contributed by atoms with Gasteiger partial charge in [-0.3, -0.25) is 67.7 Å². The number of carboxylic acid groups (broad SMARTS) is 9. The second-order valence-corrected chi connectivity index (χ2v) is 21.8. The first-order valence-corrected chi connectivity index (χ1v) is 29.3. The van der Waals surface area contributed by atoms with Crippen LogP contribution in [0.3, 0.4) is 0 Å². The van der Waals surface area contributed by atoms with Crippen LogP contribution in [0.2, 0.25) is 0 Å². The molecule has 0 aromatic carbocycles. The molecule has 15 unspecified atom stereocenters. The molecule has 0 aliphatic carbocycles. The van der Waals surface area contributed by atoms with E-state index in [1.54, 1.807) is 0 Å². The van der Waals surface area contributed by atoms with E-state index in [0.29, 0.717) is 0 Å². The second-order valence-electron chi connectivity index (χ2n) is 21.8. The van der Waals surface area contributed by atoms with Gasteiger partial charge in [-0.15, -0.1) is 0 Å². The third kappa shape index (κ3) is 31.3. The number of hydrogen-bond acceptors (Lipinski definition) is 30. The minimum atomic E-state index is -2.10. The predicted molar refractivity (Wildman–Crippen MR) is 303 cm³/mol. The molecule has 39 nitrogen and oxygen atoms in total. The van der Waals surface area contributed by atoms with Gasteiger partial charge in [0.1, 0.15) is 73.1 Å². The summed E-state index contributed by atoms with van der Waals surface area (Å²) in [6, 6.07) is -2.53. The van der Waals surface area contributed by atoms with Crippen molar-refractivity contribution < 1.29 is 154 Å². The van der Waals surface area contributed by atoms with Crippen molar-refractivity contribution in [3.05, 3.63) is 0 Å². The molecule has 0 bridgehead atoms. The topological polar surface area (TPSA) is 607 Å². The number of carboxylic acids is 9. The molecular weight excluding hydrogens is 1230 g/mol. The number of aliphatic carboxylic acids is 9. The Hall–Kier alpha value is -5.61. The van der Waals surface area contributed by atoms with Gasteiger partial charge in [0.2, 0.25) is 0 Å². The van der Waals surface area contributed by atoms with Gasteiger partial charge in [0, 0.05) is 58.9 Å². The van der Waals surface area contributed by atoms with Crippen LogP contribution in [0, 0.1) is 0 Å². The molecule has 526 valence electrons. The molecule has 0 spiro atoms. The summed E-state index contributed by atoms with van der Waals surface area (Å²) in [5.41, 5.74) is 0. The van der Waals surface area contributed by atoms with Gasteiger partial charge in [-0.25, -0.2) is 0 Å². The summed E-state index contributed by atoms with van der Waals surface area (Å²) in [4.78, 5) is 111. The smallest absolute Gasteiger partial charge is 0.320 e. The monoisotopic (exact) mass is 1320 g/mol.